The van der Waals surface area contributed by atoms with Crippen molar-refractivity contribution in [2.45, 2.75) is 77.2 Å². The highest BCUT2D eigenvalue weighted by Crippen LogP contribution is 2.27. The SMILES string of the molecule is Cc1ccc(CCC[C@H](CC(=O)NO)C(=O)N[C@@H](CC2CCCCC2)C(=O)NCC(=O)O)cc1. The number of carbonyl (C=O) groups excluding carboxylic acids is 3. The number of amides is 3. The number of carboxylic acids is 1. The molecule has 1 aliphatic carbocycles. The Balaban J connectivity index is 2.03. The highest BCUT2D eigenvalue weighted by Gasteiger charge is 2.29. The van der Waals surface area contributed by atoms with Gasteiger partial charge in [0.1, 0.15) is 12.6 Å². The van der Waals surface area contributed by atoms with Gasteiger partial charge in [0, 0.05) is 12.3 Å². The first-order chi connectivity index (χ1) is 16.3. The van der Waals surface area contributed by atoms with Crippen LogP contribution < -0.4 is 16.1 Å². The van der Waals surface area contributed by atoms with Gasteiger partial charge in [0.15, 0.2) is 0 Å². The minimum atomic E-state index is -1.16. The summed E-state index contributed by atoms with van der Waals surface area (Å²) in [5, 5.41) is 23.0. The molecule has 1 aromatic carbocycles. The quantitative estimate of drug-likeness (QED) is 0.219. The van der Waals surface area contributed by atoms with Crippen molar-refractivity contribution in [3.8, 4) is 0 Å². The zero-order valence-electron chi connectivity index (χ0n) is 19.8. The van der Waals surface area contributed by atoms with Gasteiger partial charge in [-0.1, -0.05) is 61.9 Å². The van der Waals surface area contributed by atoms with Gasteiger partial charge in [-0.15, -0.1) is 0 Å². The predicted octanol–water partition coefficient (Wildman–Crippen LogP) is 2.49. The highest BCUT2D eigenvalue weighted by molar-refractivity contribution is 5.91. The summed E-state index contributed by atoms with van der Waals surface area (Å²) in [5.74, 6) is -3.27. The van der Waals surface area contributed by atoms with Gasteiger partial charge in [-0.3, -0.25) is 24.4 Å². The molecule has 1 fully saturated rings. The van der Waals surface area contributed by atoms with Crippen molar-refractivity contribution in [1.29, 1.82) is 0 Å². The molecule has 0 unspecified atom stereocenters. The topological polar surface area (TPSA) is 145 Å². The third-order valence-electron chi connectivity index (χ3n) is 6.41. The maximum Gasteiger partial charge on any atom is 0.322 e. The fraction of sp³-hybridized carbons (Fsp3) is 0.600. The van der Waals surface area contributed by atoms with Crippen molar-refractivity contribution in [3.05, 3.63) is 35.4 Å². The lowest BCUT2D eigenvalue weighted by Crippen LogP contribution is -2.50. The molecule has 9 nitrogen and oxygen atoms in total. The minimum Gasteiger partial charge on any atom is -0.480 e. The molecule has 34 heavy (non-hydrogen) atoms. The van der Waals surface area contributed by atoms with Gasteiger partial charge in [0.2, 0.25) is 17.7 Å². The number of carbonyl (C=O) groups is 4. The van der Waals surface area contributed by atoms with Gasteiger partial charge in [0.25, 0.3) is 0 Å². The summed E-state index contributed by atoms with van der Waals surface area (Å²) in [6.45, 7) is 1.48. The number of hydrogen-bond acceptors (Lipinski definition) is 5. The van der Waals surface area contributed by atoms with Gasteiger partial charge in [-0.05, 0) is 44.1 Å². The van der Waals surface area contributed by atoms with Crippen molar-refractivity contribution in [3.63, 3.8) is 0 Å². The standard InChI is InChI=1S/C25H37N3O6/c1-17-10-12-18(13-11-17)8-5-9-20(15-22(29)28-34)24(32)27-21(25(33)26-16-23(30)31)14-19-6-3-2-4-7-19/h10-13,19-21,34H,2-9,14-16H2,1H3,(H,26,33)(H,27,32)(H,28,29)(H,30,31)/t20-,21+/m1/s1. The van der Waals surface area contributed by atoms with E-state index in [9.17, 15) is 19.2 Å². The van der Waals surface area contributed by atoms with E-state index in [-0.39, 0.29) is 12.3 Å². The van der Waals surface area contributed by atoms with Crippen LogP contribution in [0.1, 0.15) is 68.9 Å². The molecule has 0 saturated heterocycles. The molecule has 0 spiro atoms. The zero-order valence-corrected chi connectivity index (χ0v) is 19.8. The second kappa shape index (κ2) is 14.3. The van der Waals surface area contributed by atoms with Crippen LogP contribution in [-0.4, -0.2) is 46.6 Å². The van der Waals surface area contributed by atoms with Crippen LogP contribution >= 0.6 is 0 Å². The molecule has 2 atom stereocenters. The third kappa shape index (κ3) is 9.91. The van der Waals surface area contributed by atoms with Crippen LogP contribution in [0, 0.1) is 18.8 Å². The number of rotatable bonds is 13. The molecule has 0 aromatic heterocycles. The summed E-state index contributed by atoms with van der Waals surface area (Å²) in [5.41, 5.74) is 3.86. The fourth-order valence-corrected chi connectivity index (χ4v) is 4.47. The molecule has 3 amide bonds. The van der Waals surface area contributed by atoms with Crippen LogP contribution in [0.4, 0.5) is 0 Å². The van der Waals surface area contributed by atoms with E-state index in [1.54, 1.807) is 5.48 Å². The number of nitrogens with one attached hydrogen (secondary N) is 3. The second-order valence-electron chi connectivity index (χ2n) is 9.23. The molecular weight excluding hydrogens is 438 g/mol. The molecule has 1 aliphatic rings. The fourth-order valence-electron chi connectivity index (χ4n) is 4.47. The predicted molar refractivity (Wildman–Crippen MR) is 126 cm³/mol. The summed E-state index contributed by atoms with van der Waals surface area (Å²) in [7, 11) is 0. The maximum absolute atomic E-state index is 13.1. The number of hydrogen-bond donors (Lipinski definition) is 5. The lowest BCUT2D eigenvalue weighted by molar-refractivity contribution is -0.139. The highest BCUT2D eigenvalue weighted by atomic mass is 16.5. The van der Waals surface area contributed by atoms with Gasteiger partial charge >= 0.3 is 5.97 Å². The monoisotopic (exact) mass is 475 g/mol. The van der Waals surface area contributed by atoms with Crippen molar-refractivity contribution in [1.82, 2.24) is 16.1 Å². The molecule has 5 N–H and O–H groups in total. The van der Waals surface area contributed by atoms with Gasteiger partial charge in [-0.25, -0.2) is 5.48 Å². The molecule has 1 saturated carbocycles. The number of carboxylic acid groups (broad SMARTS) is 1. The smallest absolute Gasteiger partial charge is 0.322 e. The number of aryl methyl sites for hydroxylation is 2. The van der Waals surface area contributed by atoms with Crippen LogP contribution in [0.15, 0.2) is 24.3 Å². The van der Waals surface area contributed by atoms with Crippen molar-refractivity contribution >= 4 is 23.7 Å². The van der Waals surface area contributed by atoms with Gasteiger partial charge in [-0.2, -0.15) is 0 Å². The molecule has 9 heteroatoms. The van der Waals surface area contributed by atoms with Gasteiger partial charge in [0.05, 0.1) is 0 Å². The lowest BCUT2D eigenvalue weighted by Gasteiger charge is -2.27. The molecule has 188 valence electrons. The second-order valence-corrected chi connectivity index (χ2v) is 9.23. The van der Waals surface area contributed by atoms with E-state index in [0.29, 0.717) is 19.3 Å². The summed E-state index contributed by atoms with van der Waals surface area (Å²) in [6.07, 6.45) is 7.23. The van der Waals surface area contributed by atoms with Crippen LogP contribution in [-0.2, 0) is 25.6 Å². The molecular formula is C25H37N3O6. The Labute approximate surface area is 200 Å². The van der Waals surface area contributed by atoms with Crippen LogP contribution in [0.2, 0.25) is 0 Å². The van der Waals surface area contributed by atoms with Crippen LogP contribution in [0.25, 0.3) is 0 Å². The summed E-state index contributed by atoms with van der Waals surface area (Å²) in [4.78, 5) is 48.5. The molecule has 0 heterocycles. The van der Waals surface area contributed by atoms with Crippen LogP contribution in [0.5, 0.6) is 0 Å². The van der Waals surface area contributed by atoms with Gasteiger partial charge < -0.3 is 15.7 Å². The van der Waals surface area contributed by atoms with E-state index in [1.807, 2.05) is 31.2 Å². The van der Waals surface area contributed by atoms with E-state index in [2.05, 4.69) is 10.6 Å². The average molecular weight is 476 g/mol. The normalized spacial score (nSPS) is 15.7. The van der Waals surface area contributed by atoms with Crippen molar-refractivity contribution < 1.29 is 29.5 Å². The van der Waals surface area contributed by atoms with E-state index in [1.165, 1.54) is 0 Å². The first-order valence-electron chi connectivity index (χ1n) is 12.1. The summed E-state index contributed by atoms with van der Waals surface area (Å²) >= 11 is 0. The number of aliphatic carboxylic acids is 1. The number of hydroxylamine groups is 1. The Morgan fingerprint density at radius 1 is 1.03 bits per heavy atom. The van der Waals surface area contributed by atoms with E-state index < -0.39 is 42.2 Å². The third-order valence-corrected chi connectivity index (χ3v) is 6.41. The van der Waals surface area contributed by atoms with E-state index >= 15 is 0 Å². The molecule has 0 radical (unpaired) electrons. The Kier molecular flexibility index (Phi) is 11.5. The van der Waals surface area contributed by atoms with Crippen LogP contribution in [0.3, 0.4) is 0 Å². The zero-order chi connectivity index (χ0) is 24.9. The largest absolute Gasteiger partial charge is 0.480 e. The molecule has 0 aliphatic heterocycles. The van der Waals surface area contributed by atoms with Crippen molar-refractivity contribution in [2.24, 2.45) is 11.8 Å². The van der Waals surface area contributed by atoms with Crippen molar-refractivity contribution in [2.75, 3.05) is 6.54 Å². The van der Waals surface area contributed by atoms with E-state index in [4.69, 9.17) is 10.3 Å². The number of benzene rings is 1. The minimum absolute atomic E-state index is 0.205. The Morgan fingerprint density at radius 3 is 2.32 bits per heavy atom. The molecule has 2 rings (SSSR count). The maximum atomic E-state index is 13.1. The summed E-state index contributed by atoms with van der Waals surface area (Å²) in [6, 6.07) is 7.22. The molecule has 1 aromatic rings. The Bertz CT molecular complexity index is 820. The first-order valence-corrected chi connectivity index (χ1v) is 12.1. The van der Waals surface area contributed by atoms with E-state index in [0.717, 1.165) is 49.7 Å². The average Bonchev–Trinajstić information content (AvgIpc) is 2.83. The Hall–Kier alpha value is -2.94. The summed E-state index contributed by atoms with van der Waals surface area (Å²) < 4.78 is 0. The molecule has 0 bridgehead atoms. The lowest BCUT2D eigenvalue weighted by atomic mass is 9.84. The Morgan fingerprint density at radius 2 is 1.71 bits per heavy atom. The first kappa shape index (κ1) is 27.3.